The summed E-state index contributed by atoms with van der Waals surface area (Å²) in [5, 5.41) is 0. The van der Waals surface area contributed by atoms with Crippen molar-refractivity contribution in [1.82, 2.24) is 0 Å². The van der Waals surface area contributed by atoms with E-state index < -0.39 is 0 Å². The molecule has 0 N–H and O–H groups in total. The number of hydrogen-bond acceptors (Lipinski definition) is 1. The average Bonchev–Trinajstić information content (AvgIpc) is 2.88. The Morgan fingerprint density at radius 3 is 2.52 bits per heavy atom. The molecular weight excluding hydrogens is 465 g/mol. The quantitative estimate of drug-likeness (QED) is 0.338. The van der Waals surface area contributed by atoms with Gasteiger partial charge in [-0.1, -0.05) is 99.7 Å². The second-order valence-electron chi connectivity index (χ2n) is 8.71. The number of halogens is 1. The van der Waals surface area contributed by atoms with Crippen molar-refractivity contribution in [3.63, 3.8) is 0 Å². The molecule has 0 amide bonds. The Kier molecular flexibility index (Phi) is 4.15. The molecule has 0 atom stereocenters. The molecule has 3 aromatic carbocycles. The van der Waals surface area contributed by atoms with Crippen LogP contribution in [0, 0.1) is 0 Å². The first kappa shape index (κ1) is 19.0. The summed E-state index contributed by atoms with van der Waals surface area (Å²) in [6, 6.07) is 26.2. The summed E-state index contributed by atoms with van der Waals surface area (Å²) in [5.74, 6) is 2.33. The topological polar surface area (TPSA) is 3.24 Å². The van der Waals surface area contributed by atoms with Crippen molar-refractivity contribution in [2.45, 2.75) is 0 Å². The lowest BCUT2D eigenvalue weighted by molar-refractivity contribution is 1.17. The number of benzene rings is 3. The van der Waals surface area contributed by atoms with Crippen molar-refractivity contribution in [2.24, 2.45) is 0 Å². The van der Waals surface area contributed by atoms with E-state index in [2.05, 4.69) is 136 Å². The SMILES string of the molecule is Brc1ccc2c(c1)C1=C3C=CC=CB3c3ccccc3C1=C1C=C(c3ccccc3)C=CN12. The number of fused-ring (bicyclic) bond motifs is 9. The summed E-state index contributed by atoms with van der Waals surface area (Å²) in [6.45, 7) is 0.278. The van der Waals surface area contributed by atoms with Gasteiger partial charge in [0.05, 0.1) is 11.4 Å². The Labute approximate surface area is 202 Å². The first-order valence-electron chi connectivity index (χ1n) is 11.3. The van der Waals surface area contributed by atoms with E-state index >= 15 is 0 Å². The molecule has 33 heavy (non-hydrogen) atoms. The van der Waals surface area contributed by atoms with Gasteiger partial charge in [-0.05, 0) is 52.6 Å². The first-order valence-corrected chi connectivity index (χ1v) is 12.1. The number of rotatable bonds is 1. The fourth-order valence-corrected chi connectivity index (χ4v) is 5.88. The summed E-state index contributed by atoms with van der Waals surface area (Å²) in [4.78, 5) is 2.35. The molecule has 0 saturated carbocycles. The van der Waals surface area contributed by atoms with Crippen LogP contribution >= 0.6 is 15.9 Å². The summed E-state index contributed by atoms with van der Waals surface area (Å²) in [7, 11) is 0. The molecule has 0 radical (unpaired) electrons. The summed E-state index contributed by atoms with van der Waals surface area (Å²) < 4.78 is 1.10. The van der Waals surface area contributed by atoms with Crippen molar-refractivity contribution in [3.05, 3.63) is 148 Å². The molecule has 0 fully saturated rings. The number of anilines is 1. The van der Waals surface area contributed by atoms with Gasteiger partial charge in [0.15, 0.2) is 0 Å². The van der Waals surface area contributed by atoms with Gasteiger partial charge in [0.1, 0.15) is 0 Å². The normalized spacial score (nSPS) is 17.3. The maximum absolute atomic E-state index is 3.74. The zero-order valence-electron chi connectivity index (χ0n) is 17.9. The van der Waals surface area contributed by atoms with Crippen molar-refractivity contribution < 1.29 is 0 Å². The van der Waals surface area contributed by atoms with E-state index in [9.17, 15) is 0 Å². The highest BCUT2D eigenvalue weighted by molar-refractivity contribution is 9.10. The molecule has 0 aromatic heterocycles. The molecule has 3 aromatic rings. The Bertz CT molecular complexity index is 1520. The Balaban J connectivity index is 1.60. The molecule has 0 spiro atoms. The minimum atomic E-state index is 0.278. The molecule has 154 valence electrons. The predicted octanol–water partition coefficient (Wildman–Crippen LogP) is 6.96. The van der Waals surface area contributed by atoms with E-state index in [1.165, 1.54) is 55.7 Å². The van der Waals surface area contributed by atoms with Crippen LogP contribution in [0.15, 0.2) is 131 Å². The summed E-state index contributed by atoms with van der Waals surface area (Å²) in [6.07, 6.45) is 13.5. The van der Waals surface area contributed by atoms with E-state index in [0.29, 0.717) is 0 Å². The monoisotopic (exact) mass is 483 g/mol. The molecule has 0 unspecified atom stereocenters. The smallest absolute Gasteiger partial charge is 0.235 e. The van der Waals surface area contributed by atoms with Gasteiger partial charge < -0.3 is 4.90 Å². The molecular formula is C30H19BBrN. The van der Waals surface area contributed by atoms with Crippen LogP contribution in [0.1, 0.15) is 16.7 Å². The number of allylic oxidation sites excluding steroid dienone is 9. The van der Waals surface area contributed by atoms with Gasteiger partial charge in [-0.15, -0.1) is 5.98 Å². The zero-order chi connectivity index (χ0) is 21.9. The van der Waals surface area contributed by atoms with E-state index in [1.54, 1.807) is 0 Å². The van der Waals surface area contributed by atoms with Crippen LogP contribution in [0.4, 0.5) is 5.69 Å². The maximum atomic E-state index is 3.74. The van der Waals surface area contributed by atoms with Crippen LogP contribution in [0.2, 0.25) is 0 Å². The average molecular weight is 484 g/mol. The number of nitrogens with zero attached hydrogens (tertiary/aromatic N) is 1. The van der Waals surface area contributed by atoms with Crippen LogP contribution < -0.4 is 10.4 Å². The number of hydrogen-bond donors (Lipinski definition) is 0. The third kappa shape index (κ3) is 2.79. The third-order valence-corrected chi connectivity index (χ3v) is 7.43. The zero-order valence-corrected chi connectivity index (χ0v) is 19.5. The molecule has 4 heterocycles. The van der Waals surface area contributed by atoms with Crippen LogP contribution in [0.3, 0.4) is 0 Å². The van der Waals surface area contributed by atoms with Crippen LogP contribution in [0.25, 0.3) is 16.7 Å². The maximum Gasteiger partial charge on any atom is 0.235 e. The third-order valence-electron chi connectivity index (χ3n) is 6.94. The van der Waals surface area contributed by atoms with Crippen LogP contribution in [-0.4, -0.2) is 6.71 Å². The Morgan fingerprint density at radius 1 is 0.758 bits per heavy atom. The van der Waals surface area contributed by atoms with Crippen molar-refractivity contribution in [3.8, 4) is 0 Å². The second kappa shape index (κ2) is 7.23. The molecule has 4 aliphatic rings. The van der Waals surface area contributed by atoms with Gasteiger partial charge in [0.25, 0.3) is 0 Å². The van der Waals surface area contributed by atoms with Crippen LogP contribution in [-0.2, 0) is 0 Å². The Morgan fingerprint density at radius 2 is 1.61 bits per heavy atom. The van der Waals surface area contributed by atoms with Gasteiger partial charge >= 0.3 is 0 Å². The lowest BCUT2D eigenvalue weighted by Crippen LogP contribution is -2.40. The largest absolute Gasteiger partial charge is 0.316 e. The summed E-state index contributed by atoms with van der Waals surface area (Å²) in [5.41, 5.74) is 13.0. The summed E-state index contributed by atoms with van der Waals surface area (Å²) >= 11 is 3.74. The molecule has 7 rings (SSSR count). The van der Waals surface area contributed by atoms with Gasteiger partial charge in [-0.25, -0.2) is 0 Å². The lowest BCUT2D eigenvalue weighted by atomic mass is 9.35. The van der Waals surface area contributed by atoms with E-state index in [-0.39, 0.29) is 6.71 Å². The molecule has 3 heteroatoms. The standard InChI is InChI=1S/C30H19BBrN/c32-22-13-14-27-24(19-22)29-26-12-6-7-16-31(26)25-11-5-4-10-23(25)30(29)28-18-21(15-17-33(27)28)20-8-2-1-3-9-20/h1-19H. The molecule has 4 aliphatic heterocycles. The highest BCUT2D eigenvalue weighted by Crippen LogP contribution is 2.51. The van der Waals surface area contributed by atoms with Gasteiger partial charge in [-0.3, -0.25) is 0 Å². The van der Waals surface area contributed by atoms with E-state index in [0.717, 1.165) is 4.47 Å². The molecule has 0 bridgehead atoms. The molecule has 0 aliphatic carbocycles. The highest BCUT2D eigenvalue weighted by atomic mass is 79.9. The van der Waals surface area contributed by atoms with Crippen LogP contribution in [0.5, 0.6) is 0 Å². The molecule has 1 nitrogen and oxygen atoms in total. The van der Waals surface area contributed by atoms with Crippen molar-refractivity contribution >= 4 is 50.5 Å². The van der Waals surface area contributed by atoms with E-state index in [1.807, 2.05) is 0 Å². The van der Waals surface area contributed by atoms with Crippen molar-refractivity contribution in [1.29, 1.82) is 0 Å². The highest BCUT2D eigenvalue weighted by Gasteiger charge is 2.38. The fraction of sp³-hybridized carbons (Fsp3) is 0. The van der Waals surface area contributed by atoms with Gasteiger partial charge in [-0.2, -0.15) is 0 Å². The Hall–Kier alpha value is -3.56. The predicted molar refractivity (Wildman–Crippen MR) is 144 cm³/mol. The molecule has 0 saturated heterocycles. The van der Waals surface area contributed by atoms with Gasteiger partial charge in [0.2, 0.25) is 6.71 Å². The first-order chi connectivity index (χ1) is 16.3. The fourth-order valence-electron chi connectivity index (χ4n) is 5.51. The van der Waals surface area contributed by atoms with Gasteiger partial charge in [0, 0.05) is 21.8 Å². The minimum Gasteiger partial charge on any atom is -0.316 e. The van der Waals surface area contributed by atoms with E-state index in [4.69, 9.17) is 0 Å². The lowest BCUT2D eigenvalue weighted by Gasteiger charge is -2.40. The second-order valence-corrected chi connectivity index (χ2v) is 9.63. The minimum absolute atomic E-state index is 0.278. The van der Waals surface area contributed by atoms with Crippen molar-refractivity contribution in [2.75, 3.05) is 4.90 Å².